The molecule has 138 valence electrons. The molecule has 0 bridgehead atoms. The summed E-state index contributed by atoms with van der Waals surface area (Å²) in [6.07, 6.45) is 0. The summed E-state index contributed by atoms with van der Waals surface area (Å²) in [6.45, 7) is 7.00. The van der Waals surface area contributed by atoms with E-state index in [0.29, 0.717) is 10.2 Å². The number of thiocarbonyl (C=S) groups is 2. The summed E-state index contributed by atoms with van der Waals surface area (Å²) >= 11 is 10.3. The molecule has 0 saturated carbocycles. The molecule has 0 atom stereocenters. The maximum atomic E-state index is 5.15. The molecular formula is C14H30N8S2. The molecule has 0 aromatic rings. The summed E-state index contributed by atoms with van der Waals surface area (Å²) in [5, 5.41) is 15.5. The van der Waals surface area contributed by atoms with Crippen molar-refractivity contribution in [1.82, 2.24) is 31.3 Å². The first-order valence-corrected chi connectivity index (χ1v) is 8.50. The van der Waals surface area contributed by atoms with Crippen molar-refractivity contribution < 1.29 is 0 Å². The fourth-order valence-electron chi connectivity index (χ4n) is 1.30. The van der Waals surface area contributed by atoms with E-state index >= 15 is 0 Å². The van der Waals surface area contributed by atoms with E-state index in [1.807, 2.05) is 42.0 Å². The Morgan fingerprint density at radius 2 is 1.08 bits per heavy atom. The van der Waals surface area contributed by atoms with Gasteiger partial charge in [-0.25, -0.2) is 0 Å². The second kappa shape index (κ2) is 13.0. The third kappa shape index (κ3) is 13.1. The van der Waals surface area contributed by atoms with Gasteiger partial charge in [-0.2, -0.15) is 10.2 Å². The summed E-state index contributed by atoms with van der Waals surface area (Å²) < 4.78 is 0. The molecule has 0 aliphatic rings. The summed E-state index contributed by atoms with van der Waals surface area (Å²) in [6, 6.07) is 0. The Kier molecular flexibility index (Phi) is 12.3. The molecule has 0 radical (unpaired) electrons. The summed E-state index contributed by atoms with van der Waals surface area (Å²) in [4.78, 5) is 4.14. The highest BCUT2D eigenvalue weighted by Crippen LogP contribution is 1.83. The van der Waals surface area contributed by atoms with Gasteiger partial charge in [-0.3, -0.25) is 10.9 Å². The van der Waals surface area contributed by atoms with Gasteiger partial charge in [0.25, 0.3) is 0 Å². The van der Waals surface area contributed by atoms with Crippen molar-refractivity contribution in [2.24, 2.45) is 10.2 Å². The van der Waals surface area contributed by atoms with Gasteiger partial charge in [0.05, 0.1) is 11.4 Å². The minimum atomic E-state index is 0.484. The Hall–Kier alpha value is -1.36. The number of nitrogens with one attached hydrogen (secondary N) is 4. The highest BCUT2D eigenvalue weighted by molar-refractivity contribution is 7.80. The Morgan fingerprint density at radius 1 is 0.750 bits per heavy atom. The number of hydrogen-bond donors (Lipinski definition) is 4. The smallest absolute Gasteiger partial charge is 0.187 e. The molecule has 24 heavy (non-hydrogen) atoms. The summed E-state index contributed by atoms with van der Waals surface area (Å²) in [5.74, 6) is 0. The molecule has 0 heterocycles. The van der Waals surface area contributed by atoms with Crippen molar-refractivity contribution in [3.05, 3.63) is 0 Å². The van der Waals surface area contributed by atoms with Gasteiger partial charge in [0.1, 0.15) is 0 Å². The fraction of sp³-hybridized carbons (Fsp3) is 0.714. The van der Waals surface area contributed by atoms with Crippen LogP contribution in [0.15, 0.2) is 10.2 Å². The Bertz CT molecular complexity index is 418. The Balaban J connectivity index is 4.16. The van der Waals surface area contributed by atoms with Gasteiger partial charge in [0.15, 0.2) is 10.2 Å². The van der Waals surface area contributed by atoms with Gasteiger partial charge in [-0.05, 0) is 66.5 Å². The van der Waals surface area contributed by atoms with Crippen LogP contribution in [-0.2, 0) is 0 Å². The van der Waals surface area contributed by atoms with E-state index in [1.54, 1.807) is 0 Å². The van der Waals surface area contributed by atoms with E-state index in [-0.39, 0.29) is 0 Å². The highest BCUT2D eigenvalue weighted by Gasteiger charge is 2.00. The van der Waals surface area contributed by atoms with Gasteiger partial charge in [0, 0.05) is 26.2 Å². The van der Waals surface area contributed by atoms with Crippen LogP contribution in [0.4, 0.5) is 0 Å². The van der Waals surface area contributed by atoms with E-state index in [4.69, 9.17) is 24.4 Å². The minimum absolute atomic E-state index is 0.484. The zero-order valence-electron chi connectivity index (χ0n) is 15.4. The van der Waals surface area contributed by atoms with Crippen LogP contribution in [0.25, 0.3) is 0 Å². The van der Waals surface area contributed by atoms with Crippen LogP contribution in [0.1, 0.15) is 13.8 Å². The minimum Gasteiger partial charge on any atom is -0.360 e. The molecule has 0 aliphatic heterocycles. The molecule has 8 nitrogen and oxygen atoms in total. The lowest BCUT2D eigenvalue weighted by Gasteiger charge is -2.12. The largest absolute Gasteiger partial charge is 0.360 e. The van der Waals surface area contributed by atoms with Crippen LogP contribution in [0.5, 0.6) is 0 Å². The normalized spacial score (nSPS) is 12.3. The van der Waals surface area contributed by atoms with E-state index < -0.39 is 0 Å². The predicted octanol–water partition coefficient (Wildman–Crippen LogP) is -0.210. The van der Waals surface area contributed by atoms with Crippen LogP contribution >= 0.6 is 24.4 Å². The van der Waals surface area contributed by atoms with Crippen molar-refractivity contribution in [3.8, 4) is 0 Å². The monoisotopic (exact) mass is 374 g/mol. The standard InChI is InChI=1S/C14H30N8S2/c1-11(17-19-13(23)15-7-9-21(3)4)12(2)18-20-14(24)16-8-10-22(5)6/h7-10H2,1-6H3,(H2,15,19,23)(H2,16,20,24). The number of likely N-dealkylation sites (N-methyl/N-ethyl adjacent to an activating group) is 2. The quantitative estimate of drug-likeness (QED) is 0.251. The van der Waals surface area contributed by atoms with Crippen molar-refractivity contribution in [2.75, 3.05) is 54.4 Å². The molecule has 4 N–H and O–H groups in total. The molecule has 10 heteroatoms. The third-order valence-corrected chi connectivity index (χ3v) is 3.33. The van der Waals surface area contributed by atoms with Crippen molar-refractivity contribution in [3.63, 3.8) is 0 Å². The lowest BCUT2D eigenvalue weighted by molar-refractivity contribution is 0.412. The van der Waals surface area contributed by atoms with Crippen molar-refractivity contribution >= 4 is 46.1 Å². The topological polar surface area (TPSA) is 79.3 Å². The van der Waals surface area contributed by atoms with Crippen LogP contribution in [-0.4, -0.2) is 85.8 Å². The number of hydrogen-bond acceptors (Lipinski definition) is 6. The number of rotatable bonds is 9. The molecule has 0 saturated heterocycles. The average molecular weight is 375 g/mol. The molecule has 0 rings (SSSR count). The average Bonchev–Trinajstić information content (AvgIpc) is 2.49. The van der Waals surface area contributed by atoms with E-state index in [1.165, 1.54) is 0 Å². The first-order valence-electron chi connectivity index (χ1n) is 7.68. The van der Waals surface area contributed by atoms with Gasteiger partial charge in [-0.15, -0.1) is 0 Å². The second-order valence-corrected chi connectivity index (χ2v) is 6.55. The van der Waals surface area contributed by atoms with Crippen LogP contribution in [0, 0.1) is 0 Å². The maximum absolute atomic E-state index is 5.15. The van der Waals surface area contributed by atoms with Crippen molar-refractivity contribution in [1.29, 1.82) is 0 Å². The molecule has 0 unspecified atom stereocenters. The molecule has 0 fully saturated rings. The molecule has 0 amide bonds. The van der Waals surface area contributed by atoms with Crippen molar-refractivity contribution in [2.45, 2.75) is 13.8 Å². The number of hydrazone groups is 2. The first kappa shape index (κ1) is 22.6. The molecule has 0 spiro atoms. The maximum Gasteiger partial charge on any atom is 0.187 e. The van der Waals surface area contributed by atoms with E-state index in [0.717, 1.165) is 37.6 Å². The Morgan fingerprint density at radius 3 is 1.38 bits per heavy atom. The molecule has 0 aromatic carbocycles. The molecule has 0 aliphatic carbocycles. The van der Waals surface area contributed by atoms with Gasteiger partial charge in [0.2, 0.25) is 0 Å². The number of nitrogens with zero attached hydrogens (tertiary/aromatic N) is 4. The third-order valence-electron chi connectivity index (χ3n) is 2.86. The Labute approximate surface area is 156 Å². The molecular weight excluding hydrogens is 344 g/mol. The zero-order chi connectivity index (χ0) is 18.5. The second-order valence-electron chi connectivity index (χ2n) is 5.74. The van der Waals surface area contributed by atoms with Crippen LogP contribution < -0.4 is 21.5 Å². The predicted molar refractivity (Wildman–Crippen MR) is 111 cm³/mol. The molecule has 0 aromatic heterocycles. The summed E-state index contributed by atoms with van der Waals surface area (Å²) in [5.41, 5.74) is 7.03. The highest BCUT2D eigenvalue weighted by atomic mass is 32.1. The lowest BCUT2D eigenvalue weighted by Crippen LogP contribution is -2.38. The summed E-state index contributed by atoms with van der Waals surface area (Å²) in [7, 11) is 8.03. The van der Waals surface area contributed by atoms with E-state index in [9.17, 15) is 0 Å². The van der Waals surface area contributed by atoms with Crippen LogP contribution in [0.2, 0.25) is 0 Å². The zero-order valence-corrected chi connectivity index (χ0v) is 17.1. The fourth-order valence-corrected chi connectivity index (χ4v) is 1.59. The van der Waals surface area contributed by atoms with Crippen LogP contribution in [0.3, 0.4) is 0 Å². The van der Waals surface area contributed by atoms with E-state index in [2.05, 4.69) is 41.5 Å². The van der Waals surface area contributed by atoms with Gasteiger partial charge in [-0.1, -0.05) is 0 Å². The van der Waals surface area contributed by atoms with Gasteiger partial charge >= 0.3 is 0 Å². The lowest BCUT2D eigenvalue weighted by atomic mass is 10.3. The SMILES string of the molecule is CC(=NNC(=S)NCCN(C)C)C(C)=NNC(=S)NCCN(C)C. The van der Waals surface area contributed by atoms with Gasteiger partial charge < -0.3 is 20.4 Å². The first-order chi connectivity index (χ1) is 11.2.